The summed E-state index contributed by atoms with van der Waals surface area (Å²) in [6.07, 6.45) is 4.03. The van der Waals surface area contributed by atoms with E-state index < -0.39 is 0 Å². The summed E-state index contributed by atoms with van der Waals surface area (Å²) in [5, 5.41) is 5.14. The molecule has 0 bridgehead atoms. The summed E-state index contributed by atoms with van der Waals surface area (Å²) >= 11 is 1.78. The molecule has 0 radical (unpaired) electrons. The minimum atomic E-state index is 1.20. The third-order valence-corrected chi connectivity index (χ3v) is 4.02. The molecule has 0 nitrogen and oxygen atoms in total. The van der Waals surface area contributed by atoms with E-state index in [0.717, 1.165) is 0 Å². The molecule has 3 aromatic rings. The van der Waals surface area contributed by atoms with Gasteiger partial charge in [0, 0.05) is 4.90 Å². The Labute approximate surface area is 111 Å². The highest BCUT2D eigenvalue weighted by atomic mass is 32.2. The Balaban J connectivity index is 2.39. The van der Waals surface area contributed by atoms with Gasteiger partial charge in [0.15, 0.2) is 0 Å². The maximum atomic E-state index is 3.89. The van der Waals surface area contributed by atoms with Crippen molar-refractivity contribution in [3.05, 3.63) is 60.7 Å². The Morgan fingerprint density at radius 2 is 1.83 bits per heavy atom. The first-order valence-corrected chi connectivity index (χ1v) is 7.17. The van der Waals surface area contributed by atoms with Gasteiger partial charge in [0.05, 0.1) is 0 Å². The van der Waals surface area contributed by atoms with Crippen LogP contribution in [0.15, 0.2) is 60.0 Å². The number of rotatable bonds is 2. The smallest absolute Gasteiger partial charge is 0.00755 e. The van der Waals surface area contributed by atoms with E-state index in [1.54, 1.807) is 11.8 Å². The summed E-state index contributed by atoms with van der Waals surface area (Å²) < 4.78 is 0. The summed E-state index contributed by atoms with van der Waals surface area (Å²) in [7, 11) is 0. The highest BCUT2D eigenvalue weighted by Gasteiger charge is 2.02. The van der Waals surface area contributed by atoms with Gasteiger partial charge in [-0.1, -0.05) is 36.9 Å². The second-order valence-corrected chi connectivity index (χ2v) is 5.22. The molecule has 0 amide bonds. The second-order valence-electron chi connectivity index (χ2n) is 4.34. The van der Waals surface area contributed by atoms with Crippen molar-refractivity contribution < 1.29 is 0 Å². The van der Waals surface area contributed by atoms with E-state index in [9.17, 15) is 0 Å². The van der Waals surface area contributed by atoms with Crippen LogP contribution in [0.1, 0.15) is 5.56 Å². The number of hydrogen-bond acceptors (Lipinski definition) is 1. The minimum absolute atomic E-state index is 1.20. The molecule has 1 heteroatoms. The van der Waals surface area contributed by atoms with E-state index in [1.165, 1.54) is 32.0 Å². The zero-order valence-corrected chi connectivity index (χ0v) is 11.1. The lowest BCUT2D eigenvalue weighted by atomic mass is 10.00. The van der Waals surface area contributed by atoms with E-state index in [2.05, 4.69) is 61.4 Å². The lowest BCUT2D eigenvalue weighted by Crippen LogP contribution is -1.81. The predicted molar refractivity (Wildman–Crippen MR) is 83.3 cm³/mol. The van der Waals surface area contributed by atoms with Crippen molar-refractivity contribution in [1.29, 1.82) is 0 Å². The lowest BCUT2D eigenvalue weighted by molar-refractivity contribution is 1.52. The van der Waals surface area contributed by atoms with Crippen LogP contribution in [0.4, 0.5) is 0 Å². The normalized spacial score (nSPS) is 10.9. The molecule has 3 aromatic carbocycles. The van der Waals surface area contributed by atoms with Gasteiger partial charge in [-0.15, -0.1) is 11.8 Å². The molecule has 0 fully saturated rings. The van der Waals surface area contributed by atoms with Crippen LogP contribution >= 0.6 is 11.8 Å². The average Bonchev–Trinajstić information content (AvgIpc) is 2.43. The molecule has 0 heterocycles. The first-order valence-electron chi connectivity index (χ1n) is 5.95. The maximum Gasteiger partial charge on any atom is 0.00755 e. The van der Waals surface area contributed by atoms with Gasteiger partial charge in [-0.05, 0) is 57.6 Å². The average molecular weight is 250 g/mol. The van der Waals surface area contributed by atoms with E-state index in [1.807, 2.05) is 6.08 Å². The van der Waals surface area contributed by atoms with Crippen molar-refractivity contribution in [2.24, 2.45) is 0 Å². The first-order chi connectivity index (χ1) is 8.81. The Morgan fingerprint density at radius 1 is 0.944 bits per heavy atom. The third kappa shape index (κ3) is 1.81. The van der Waals surface area contributed by atoms with Crippen LogP contribution in [-0.2, 0) is 0 Å². The molecule has 0 aliphatic rings. The van der Waals surface area contributed by atoms with Gasteiger partial charge >= 0.3 is 0 Å². The predicted octanol–water partition coefficient (Wildman–Crippen LogP) is 5.36. The fraction of sp³-hybridized carbons (Fsp3) is 0.0588. The molecule has 0 N–H and O–H groups in total. The molecule has 0 spiro atoms. The zero-order valence-electron chi connectivity index (χ0n) is 10.3. The first kappa shape index (κ1) is 11.4. The summed E-state index contributed by atoms with van der Waals surface area (Å²) in [5.74, 6) is 0. The molecule has 0 saturated heterocycles. The Bertz CT molecular complexity index is 741. The monoisotopic (exact) mass is 250 g/mol. The van der Waals surface area contributed by atoms with E-state index in [-0.39, 0.29) is 0 Å². The summed E-state index contributed by atoms with van der Waals surface area (Å²) in [6.45, 7) is 3.89. The van der Waals surface area contributed by atoms with Crippen molar-refractivity contribution in [3.8, 4) is 0 Å². The summed E-state index contributed by atoms with van der Waals surface area (Å²) in [6, 6.07) is 17.5. The highest BCUT2D eigenvalue weighted by Crippen LogP contribution is 2.28. The molecule has 0 atom stereocenters. The maximum absolute atomic E-state index is 3.89. The van der Waals surface area contributed by atoms with E-state index in [0.29, 0.717) is 0 Å². The largest absolute Gasteiger partial charge is 0.130 e. The minimum Gasteiger partial charge on any atom is -0.130 e. The standard InChI is InChI=1S/C17H14S/c1-3-12-5-4-6-14-9-15-10-16(18-2)8-7-13(15)11-17(12)14/h3-11H,1H2,2H3. The van der Waals surface area contributed by atoms with Crippen molar-refractivity contribution in [2.45, 2.75) is 4.90 Å². The van der Waals surface area contributed by atoms with Crippen LogP contribution in [0.5, 0.6) is 0 Å². The number of hydrogen-bond donors (Lipinski definition) is 0. The fourth-order valence-corrected chi connectivity index (χ4v) is 2.78. The van der Waals surface area contributed by atoms with Crippen molar-refractivity contribution >= 4 is 39.4 Å². The lowest BCUT2D eigenvalue weighted by Gasteiger charge is -2.06. The molecule has 0 saturated carbocycles. The fourth-order valence-electron chi connectivity index (χ4n) is 2.33. The van der Waals surface area contributed by atoms with E-state index >= 15 is 0 Å². The van der Waals surface area contributed by atoms with Crippen LogP contribution in [0.3, 0.4) is 0 Å². The topological polar surface area (TPSA) is 0 Å². The summed E-state index contributed by atoms with van der Waals surface area (Å²) in [4.78, 5) is 1.31. The second kappa shape index (κ2) is 4.51. The quantitative estimate of drug-likeness (QED) is 0.436. The molecule has 18 heavy (non-hydrogen) atoms. The van der Waals surface area contributed by atoms with Crippen LogP contribution in [-0.4, -0.2) is 6.26 Å². The van der Waals surface area contributed by atoms with Gasteiger partial charge < -0.3 is 0 Å². The van der Waals surface area contributed by atoms with Gasteiger partial charge in [-0.2, -0.15) is 0 Å². The van der Waals surface area contributed by atoms with Crippen LogP contribution in [0, 0.1) is 0 Å². The van der Waals surface area contributed by atoms with Crippen LogP contribution < -0.4 is 0 Å². The van der Waals surface area contributed by atoms with Gasteiger partial charge in [0.1, 0.15) is 0 Å². The van der Waals surface area contributed by atoms with Gasteiger partial charge in [0.25, 0.3) is 0 Å². The summed E-state index contributed by atoms with van der Waals surface area (Å²) in [5.41, 5.74) is 1.20. The molecular formula is C17H14S. The van der Waals surface area contributed by atoms with Crippen molar-refractivity contribution in [1.82, 2.24) is 0 Å². The SMILES string of the molecule is C=Cc1cccc2cc3cc(SC)ccc3cc12. The molecule has 0 unspecified atom stereocenters. The van der Waals surface area contributed by atoms with Crippen LogP contribution in [0.2, 0.25) is 0 Å². The van der Waals surface area contributed by atoms with Crippen molar-refractivity contribution in [2.75, 3.05) is 6.26 Å². The Hall–Kier alpha value is -1.73. The zero-order chi connectivity index (χ0) is 12.5. The number of thioether (sulfide) groups is 1. The molecule has 0 aromatic heterocycles. The Kier molecular flexibility index (Phi) is 2.85. The molecule has 88 valence electrons. The highest BCUT2D eigenvalue weighted by molar-refractivity contribution is 7.98. The van der Waals surface area contributed by atoms with E-state index in [4.69, 9.17) is 0 Å². The molecular weight excluding hydrogens is 236 g/mol. The molecule has 0 aliphatic heterocycles. The van der Waals surface area contributed by atoms with Gasteiger partial charge in [-0.3, -0.25) is 0 Å². The molecule has 3 rings (SSSR count). The van der Waals surface area contributed by atoms with Crippen LogP contribution in [0.25, 0.3) is 27.6 Å². The molecule has 0 aliphatic carbocycles. The Morgan fingerprint density at radius 3 is 2.61 bits per heavy atom. The van der Waals surface area contributed by atoms with Gasteiger partial charge in [-0.25, -0.2) is 0 Å². The van der Waals surface area contributed by atoms with Gasteiger partial charge in [0.2, 0.25) is 0 Å². The number of benzene rings is 3. The third-order valence-electron chi connectivity index (χ3n) is 3.30. The number of fused-ring (bicyclic) bond motifs is 2. The van der Waals surface area contributed by atoms with Crippen molar-refractivity contribution in [3.63, 3.8) is 0 Å².